The molecule has 0 rings (SSSR count). The summed E-state index contributed by atoms with van der Waals surface area (Å²) >= 11 is 0. The average Bonchev–Trinajstić information content (AvgIpc) is 1.81. The molecule has 1 unspecified atom stereocenters. The second-order valence-electron chi connectivity index (χ2n) is 1.95. The number of aliphatic carboxylic acids is 1. The number of Topliss-reactive ketones (excluding diaryl/α,β-unsaturated/α-hetero) is 1. The number of carboxylic acid groups (broad SMARTS) is 1. The van der Waals surface area contributed by atoms with Crippen LogP contribution >= 0.6 is 0 Å². The Morgan fingerprint density at radius 1 is 1.60 bits per heavy atom. The van der Waals surface area contributed by atoms with E-state index in [1.165, 1.54) is 6.92 Å². The summed E-state index contributed by atoms with van der Waals surface area (Å²) in [6, 6.07) is 0. The molecule has 0 aromatic rings. The third-order valence-corrected chi connectivity index (χ3v) is 1.08. The summed E-state index contributed by atoms with van der Waals surface area (Å²) < 4.78 is 0. The molecule has 0 aliphatic carbocycles. The van der Waals surface area contributed by atoms with Crippen molar-refractivity contribution in [1.29, 1.82) is 0 Å². The van der Waals surface area contributed by atoms with E-state index >= 15 is 0 Å². The molecule has 0 aliphatic heterocycles. The average molecular weight is 144 g/mol. The minimum Gasteiger partial charge on any atom is -0.481 e. The van der Waals surface area contributed by atoms with E-state index in [-0.39, 0.29) is 0 Å². The number of ketones is 1. The lowest BCUT2D eigenvalue weighted by molar-refractivity contribution is -0.141. The van der Waals surface area contributed by atoms with Crippen LogP contribution in [0.15, 0.2) is 0 Å². The van der Waals surface area contributed by atoms with Crippen LogP contribution < -0.4 is 0 Å². The molecule has 0 fully saturated rings. The van der Waals surface area contributed by atoms with Gasteiger partial charge in [-0.25, -0.2) is 0 Å². The highest BCUT2D eigenvalue weighted by molar-refractivity contribution is 5.94. The van der Waals surface area contributed by atoms with E-state index in [0.29, 0.717) is 6.29 Å². The Morgan fingerprint density at radius 2 is 2.10 bits per heavy atom. The third-order valence-electron chi connectivity index (χ3n) is 1.08. The Balaban J connectivity index is 3.96. The molecule has 0 radical (unpaired) electrons. The second-order valence-corrected chi connectivity index (χ2v) is 1.95. The molecular formula is C6H8O4. The van der Waals surface area contributed by atoms with Gasteiger partial charge in [-0.3, -0.25) is 9.59 Å². The Hall–Kier alpha value is -1.19. The minimum absolute atomic E-state index is 0.358. The van der Waals surface area contributed by atoms with Gasteiger partial charge in [0.25, 0.3) is 0 Å². The lowest BCUT2D eigenvalue weighted by Gasteiger charge is -1.99. The van der Waals surface area contributed by atoms with Crippen molar-refractivity contribution in [1.82, 2.24) is 0 Å². The number of carbonyl (C=O) groups is 3. The summed E-state index contributed by atoms with van der Waals surface area (Å²) in [6.07, 6.45) is -0.0463. The first-order valence-electron chi connectivity index (χ1n) is 2.75. The van der Waals surface area contributed by atoms with Crippen molar-refractivity contribution in [3.05, 3.63) is 0 Å². The van der Waals surface area contributed by atoms with Crippen molar-refractivity contribution in [3.8, 4) is 0 Å². The Morgan fingerprint density at radius 3 is 2.20 bits per heavy atom. The van der Waals surface area contributed by atoms with Crippen LogP contribution in [0.1, 0.15) is 13.3 Å². The number of carboxylic acids is 1. The Labute approximate surface area is 57.8 Å². The zero-order chi connectivity index (χ0) is 8.15. The summed E-state index contributed by atoms with van der Waals surface area (Å²) in [4.78, 5) is 30.4. The highest BCUT2D eigenvalue weighted by Crippen LogP contribution is 1.99. The van der Waals surface area contributed by atoms with Gasteiger partial charge in [0.15, 0.2) is 0 Å². The SMILES string of the molecule is CC(=O)C(C=O)CC(=O)O. The van der Waals surface area contributed by atoms with E-state index < -0.39 is 24.1 Å². The summed E-state index contributed by atoms with van der Waals surface area (Å²) in [7, 11) is 0. The van der Waals surface area contributed by atoms with Crippen molar-refractivity contribution in [2.45, 2.75) is 13.3 Å². The van der Waals surface area contributed by atoms with Gasteiger partial charge in [0.1, 0.15) is 12.1 Å². The van der Waals surface area contributed by atoms with Gasteiger partial charge in [0.2, 0.25) is 0 Å². The second kappa shape index (κ2) is 3.76. The number of rotatable bonds is 4. The van der Waals surface area contributed by atoms with E-state index in [1.807, 2.05) is 0 Å². The van der Waals surface area contributed by atoms with E-state index in [1.54, 1.807) is 0 Å². The zero-order valence-electron chi connectivity index (χ0n) is 5.53. The molecule has 0 saturated heterocycles. The van der Waals surface area contributed by atoms with Gasteiger partial charge in [-0.1, -0.05) is 0 Å². The summed E-state index contributed by atoms with van der Waals surface area (Å²) in [5.74, 6) is -2.51. The van der Waals surface area contributed by atoms with E-state index in [9.17, 15) is 14.4 Å². The van der Waals surface area contributed by atoms with Crippen molar-refractivity contribution < 1.29 is 19.5 Å². The first kappa shape index (κ1) is 8.81. The molecule has 4 nitrogen and oxygen atoms in total. The van der Waals surface area contributed by atoms with Gasteiger partial charge < -0.3 is 9.90 Å². The molecule has 0 aliphatic rings. The van der Waals surface area contributed by atoms with Gasteiger partial charge in [-0.2, -0.15) is 0 Å². The maximum atomic E-state index is 10.4. The van der Waals surface area contributed by atoms with E-state index in [2.05, 4.69) is 0 Å². The summed E-state index contributed by atoms with van der Waals surface area (Å²) in [6.45, 7) is 1.20. The van der Waals surface area contributed by atoms with Gasteiger partial charge in [0, 0.05) is 0 Å². The molecule has 4 heteroatoms. The van der Waals surface area contributed by atoms with Crippen LogP contribution in [-0.2, 0) is 14.4 Å². The fourth-order valence-electron chi connectivity index (χ4n) is 0.476. The van der Waals surface area contributed by atoms with Crippen LogP contribution in [0.4, 0.5) is 0 Å². The van der Waals surface area contributed by atoms with Crippen molar-refractivity contribution in [3.63, 3.8) is 0 Å². The predicted octanol–water partition coefficient (Wildman–Crippen LogP) is -0.135. The third kappa shape index (κ3) is 2.96. The number of carbonyl (C=O) groups excluding carboxylic acids is 2. The summed E-state index contributed by atoms with van der Waals surface area (Å²) in [5, 5.41) is 8.15. The highest BCUT2D eigenvalue weighted by Gasteiger charge is 2.16. The van der Waals surface area contributed by atoms with Crippen LogP contribution in [0.25, 0.3) is 0 Å². The maximum Gasteiger partial charge on any atom is 0.304 e. The molecule has 1 atom stereocenters. The Kier molecular flexibility index (Phi) is 3.32. The van der Waals surface area contributed by atoms with Crippen LogP contribution in [0.2, 0.25) is 0 Å². The number of hydrogen-bond donors (Lipinski definition) is 1. The molecule has 0 bridgehead atoms. The van der Waals surface area contributed by atoms with Crippen LogP contribution in [0.5, 0.6) is 0 Å². The fraction of sp³-hybridized carbons (Fsp3) is 0.500. The first-order valence-corrected chi connectivity index (χ1v) is 2.75. The quantitative estimate of drug-likeness (QED) is 0.440. The largest absolute Gasteiger partial charge is 0.481 e. The molecule has 0 saturated carbocycles. The maximum absolute atomic E-state index is 10.4. The van der Waals surface area contributed by atoms with E-state index in [4.69, 9.17) is 5.11 Å². The monoisotopic (exact) mass is 144 g/mol. The zero-order valence-corrected chi connectivity index (χ0v) is 5.53. The molecule has 0 heterocycles. The minimum atomic E-state index is -1.13. The van der Waals surface area contributed by atoms with Crippen molar-refractivity contribution in [2.24, 2.45) is 5.92 Å². The van der Waals surface area contributed by atoms with Gasteiger partial charge in [-0.05, 0) is 6.92 Å². The number of aldehydes is 1. The lowest BCUT2D eigenvalue weighted by Crippen LogP contribution is -2.16. The van der Waals surface area contributed by atoms with Gasteiger partial charge in [0.05, 0.1) is 12.3 Å². The standard InChI is InChI=1S/C6H8O4/c1-4(8)5(3-7)2-6(9)10/h3,5H,2H2,1H3,(H,9,10). The van der Waals surface area contributed by atoms with Crippen molar-refractivity contribution in [2.75, 3.05) is 0 Å². The van der Waals surface area contributed by atoms with Gasteiger partial charge in [-0.15, -0.1) is 0 Å². The molecule has 56 valence electrons. The van der Waals surface area contributed by atoms with Crippen molar-refractivity contribution >= 4 is 18.0 Å². The fourth-order valence-corrected chi connectivity index (χ4v) is 0.476. The highest BCUT2D eigenvalue weighted by atomic mass is 16.4. The molecule has 0 aromatic carbocycles. The molecule has 0 aromatic heterocycles. The Bertz CT molecular complexity index is 161. The van der Waals surface area contributed by atoms with Crippen LogP contribution in [0.3, 0.4) is 0 Å². The van der Waals surface area contributed by atoms with Crippen LogP contribution in [0, 0.1) is 5.92 Å². The molecule has 0 amide bonds. The first-order chi connectivity index (χ1) is 4.57. The van der Waals surface area contributed by atoms with Crippen LogP contribution in [-0.4, -0.2) is 23.1 Å². The van der Waals surface area contributed by atoms with Gasteiger partial charge >= 0.3 is 5.97 Å². The van der Waals surface area contributed by atoms with E-state index in [0.717, 1.165) is 0 Å². The normalized spacial score (nSPS) is 12.1. The summed E-state index contributed by atoms with van der Waals surface area (Å²) in [5.41, 5.74) is 0. The predicted molar refractivity (Wildman–Crippen MR) is 32.5 cm³/mol. The molecule has 0 spiro atoms. The molecule has 10 heavy (non-hydrogen) atoms. The lowest BCUT2D eigenvalue weighted by atomic mass is 10.0. The smallest absolute Gasteiger partial charge is 0.304 e. The molecule has 1 N–H and O–H groups in total. The topological polar surface area (TPSA) is 71.4 Å². The molecular weight excluding hydrogens is 136 g/mol. The number of hydrogen-bond acceptors (Lipinski definition) is 3.